The van der Waals surface area contributed by atoms with E-state index < -0.39 is 15.9 Å². The number of nitrogens with one attached hydrogen (secondary N) is 2. The fourth-order valence-electron chi connectivity index (χ4n) is 2.89. The Balaban J connectivity index is 2.16. The summed E-state index contributed by atoms with van der Waals surface area (Å²) in [4.78, 5) is 12.3. The van der Waals surface area contributed by atoms with Crippen molar-refractivity contribution in [2.24, 2.45) is 5.92 Å². The number of anilines is 1. The van der Waals surface area contributed by atoms with Gasteiger partial charge in [0.15, 0.2) is 0 Å². The van der Waals surface area contributed by atoms with E-state index in [1.54, 1.807) is 18.2 Å². The minimum absolute atomic E-state index is 0.00144. The molecule has 0 saturated heterocycles. The Morgan fingerprint density at radius 1 is 1.48 bits per heavy atom. The van der Waals surface area contributed by atoms with Crippen LogP contribution in [0, 0.1) is 5.92 Å². The number of rotatable bonds is 7. The summed E-state index contributed by atoms with van der Waals surface area (Å²) in [6, 6.07) is 5.11. The lowest BCUT2D eigenvalue weighted by molar-refractivity contribution is -0.120. The van der Waals surface area contributed by atoms with Crippen LogP contribution < -0.4 is 10.0 Å². The average Bonchev–Trinajstić information content (AvgIpc) is 2.53. The van der Waals surface area contributed by atoms with Crippen LogP contribution in [0.4, 0.5) is 5.69 Å². The van der Waals surface area contributed by atoms with Gasteiger partial charge in [0.1, 0.15) is 0 Å². The van der Waals surface area contributed by atoms with Gasteiger partial charge in [-0.15, -0.1) is 6.58 Å². The molecule has 0 saturated carbocycles. The Morgan fingerprint density at radius 2 is 2.26 bits per heavy atom. The fraction of sp³-hybridized carbons (Fsp3) is 0.471. The normalized spacial score (nSPS) is 15.2. The third-order valence-electron chi connectivity index (χ3n) is 4.03. The lowest BCUT2D eigenvalue weighted by Gasteiger charge is -2.21. The number of amides is 1. The Morgan fingerprint density at radius 3 is 2.96 bits per heavy atom. The Hall–Kier alpha value is -1.82. The van der Waals surface area contributed by atoms with Crippen LogP contribution in [0.15, 0.2) is 35.7 Å². The van der Waals surface area contributed by atoms with Crippen molar-refractivity contribution in [3.05, 3.63) is 36.4 Å². The van der Waals surface area contributed by atoms with E-state index in [0.717, 1.165) is 37.1 Å². The molecule has 0 bridgehead atoms. The van der Waals surface area contributed by atoms with Gasteiger partial charge in [-0.25, -0.2) is 13.1 Å². The Kier molecular flexibility index (Phi) is 5.82. The number of benzene rings is 1. The molecule has 2 N–H and O–H groups in total. The maximum atomic E-state index is 12.6. The first-order valence-corrected chi connectivity index (χ1v) is 9.50. The van der Waals surface area contributed by atoms with Crippen molar-refractivity contribution in [3.8, 4) is 0 Å². The molecule has 0 fully saturated rings. The summed E-state index contributed by atoms with van der Waals surface area (Å²) in [5, 5.41) is 3.20. The van der Waals surface area contributed by atoms with Crippen LogP contribution in [0.2, 0.25) is 0 Å². The molecule has 1 atom stereocenters. The third-order valence-corrected chi connectivity index (χ3v) is 5.49. The van der Waals surface area contributed by atoms with Crippen molar-refractivity contribution in [2.75, 3.05) is 11.9 Å². The maximum Gasteiger partial charge on any atom is 0.264 e. The molecule has 1 amide bonds. The predicted octanol–water partition coefficient (Wildman–Crippen LogP) is 2.84. The Labute approximate surface area is 138 Å². The van der Waals surface area contributed by atoms with Gasteiger partial charge in [-0.3, -0.25) is 4.79 Å². The highest BCUT2D eigenvalue weighted by Gasteiger charge is 2.24. The molecule has 126 valence electrons. The number of fused-ring (bicyclic) bond motifs is 1. The lowest BCUT2D eigenvalue weighted by Crippen LogP contribution is -2.32. The molecule has 0 aromatic heterocycles. The third kappa shape index (κ3) is 4.34. The van der Waals surface area contributed by atoms with Crippen LogP contribution in [0.5, 0.6) is 0 Å². The Bertz CT molecular complexity index is 683. The minimum Gasteiger partial charge on any atom is -0.385 e. The van der Waals surface area contributed by atoms with Crippen molar-refractivity contribution in [3.63, 3.8) is 0 Å². The molecule has 0 aliphatic carbocycles. The number of carbonyl (C=O) groups excluding carboxylic acids is 1. The maximum absolute atomic E-state index is 12.6. The molecule has 1 aliphatic heterocycles. The van der Waals surface area contributed by atoms with E-state index in [2.05, 4.69) is 16.6 Å². The van der Waals surface area contributed by atoms with Crippen molar-refractivity contribution in [1.82, 2.24) is 4.72 Å². The van der Waals surface area contributed by atoms with Crippen molar-refractivity contribution >= 4 is 21.6 Å². The summed E-state index contributed by atoms with van der Waals surface area (Å²) >= 11 is 0. The van der Waals surface area contributed by atoms with E-state index >= 15 is 0 Å². The van der Waals surface area contributed by atoms with Crippen LogP contribution in [0.1, 0.15) is 38.2 Å². The number of carbonyl (C=O) groups is 1. The van der Waals surface area contributed by atoms with Crippen LogP contribution in [0.3, 0.4) is 0 Å². The highest BCUT2D eigenvalue weighted by molar-refractivity contribution is 7.90. The molecule has 1 aromatic rings. The van der Waals surface area contributed by atoms with E-state index in [-0.39, 0.29) is 17.2 Å². The summed E-state index contributed by atoms with van der Waals surface area (Å²) in [5.74, 6) is -0.480. The van der Waals surface area contributed by atoms with E-state index in [1.807, 2.05) is 13.0 Å². The van der Waals surface area contributed by atoms with Gasteiger partial charge in [0.05, 0.1) is 4.90 Å². The first-order chi connectivity index (χ1) is 11.0. The van der Waals surface area contributed by atoms with E-state index in [0.29, 0.717) is 6.42 Å². The molecular formula is C17H24N2O3S. The van der Waals surface area contributed by atoms with Gasteiger partial charge >= 0.3 is 0 Å². The van der Waals surface area contributed by atoms with Crippen LogP contribution in [-0.2, 0) is 21.2 Å². The van der Waals surface area contributed by atoms with Gasteiger partial charge in [-0.1, -0.05) is 25.5 Å². The summed E-state index contributed by atoms with van der Waals surface area (Å²) in [5.41, 5.74) is 1.59. The van der Waals surface area contributed by atoms with Crippen molar-refractivity contribution in [2.45, 2.75) is 43.9 Å². The second-order valence-corrected chi connectivity index (χ2v) is 7.48. The highest BCUT2D eigenvalue weighted by atomic mass is 32.2. The van der Waals surface area contributed by atoms with E-state index in [4.69, 9.17) is 0 Å². The number of allylic oxidation sites excluding steroid dienone is 1. The molecule has 0 spiro atoms. The first-order valence-electron chi connectivity index (χ1n) is 8.02. The molecule has 23 heavy (non-hydrogen) atoms. The van der Waals surface area contributed by atoms with Crippen LogP contribution >= 0.6 is 0 Å². The van der Waals surface area contributed by atoms with Gasteiger partial charge in [0, 0.05) is 18.7 Å². The van der Waals surface area contributed by atoms with Gasteiger partial charge in [0.2, 0.25) is 5.91 Å². The lowest BCUT2D eigenvalue weighted by atomic mass is 10.00. The topological polar surface area (TPSA) is 75.3 Å². The van der Waals surface area contributed by atoms with Gasteiger partial charge in [0.25, 0.3) is 10.0 Å². The smallest absolute Gasteiger partial charge is 0.264 e. The monoisotopic (exact) mass is 336 g/mol. The van der Waals surface area contributed by atoms with Crippen molar-refractivity contribution in [1.29, 1.82) is 0 Å². The molecule has 1 aromatic carbocycles. The molecule has 0 radical (unpaired) electrons. The molecular weight excluding hydrogens is 312 g/mol. The standard InChI is InChI=1S/C17H24N2O3S/c1-3-7-13(4-2)12-17(20)19-23(21,22)16-10-5-9-15-14(16)8-6-11-18-15/h4-5,9-10,13,18H,2-3,6-8,11-12H2,1H3,(H,19,20). The first kappa shape index (κ1) is 17.5. The summed E-state index contributed by atoms with van der Waals surface area (Å²) < 4.78 is 27.3. The largest absolute Gasteiger partial charge is 0.385 e. The molecule has 1 aliphatic rings. The zero-order valence-electron chi connectivity index (χ0n) is 13.5. The van der Waals surface area contributed by atoms with E-state index in [1.165, 1.54) is 0 Å². The molecule has 1 unspecified atom stereocenters. The summed E-state index contributed by atoms with van der Waals surface area (Å²) in [6.45, 7) is 6.56. The molecule has 1 heterocycles. The number of hydrogen-bond acceptors (Lipinski definition) is 4. The SMILES string of the molecule is C=CC(CCC)CC(=O)NS(=O)(=O)c1cccc2c1CCCN2. The van der Waals surface area contributed by atoms with Gasteiger partial charge in [-0.2, -0.15) is 0 Å². The zero-order valence-corrected chi connectivity index (χ0v) is 14.3. The van der Waals surface area contributed by atoms with Crippen LogP contribution in [0.25, 0.3) is 0 Å². The highest BCUT2D eigenvalue weighted by Crippen LogP contribution is 2.28. The fourth-order valence-corrected chi connectivity index (χ4v) is 4.17. The van der Waals surface area contributed by atoms with Gasteiger partial charge in [-0.05, 0) is 42.9 Å². The molecule has 6 heteroatoms. The van der Waals surface area contributed by atoms with Gasteiger partial charge < -0.3 is 5.32 Å². The summed E-state index contributed by atoms with van der Waals surface area (Å²) in [6.07, 6.45) is 5.17. The quantitative estimate of drug-likeness (QED) is 0.751. The molecule has 5 nitrogen and oxygen atoms in total. The zero-order chi connectivity index (χ0) is 16.9. The van der Waals surface area contributed by atoms with Crippen LogP contribution in [-0.4, -0.2) is 20.9 Å². The summed E-state index contributed by atoms with van der Waals surface area (Å²) in [7, 11) is -3.84. The van der Waals surface area contributed by atoms with E-state index in [9.17, 15) is 13.2 Å². The predicted molar refractivity (Wildman–Crippen MR) is 91.8 cm³/mol. The van der Waals surface area contributed by atoms with Crippen molar-refractivity contribution < 1.29 is 13.2 Å². The second-order valence-electron chi connectivity index (χ2n) is 5.83. The second kappa shape index (κ2) is 7.64. The number of sulfonamides is 1. The minimum atomic E-state index is -3.84. The average molecular weight is 336 g/mol. The number of hydrogen-bond donors (Lipinski definition) is 2. The molecule has 2 rings (SSSR count).